The molecule has 0 bridgehead atoms. The van der Waals surface area contributed by atoms with Gasteiger partial charge >= 0.3 is 0 Å². The van der Waals surface area contributed by atoms with Gasteiger partial charge in [0.15, 0.2) is 5.96 Å². The van der Waals surface area contributed by atoms with E-state index in [-0.39, 0.29) is 0 Å². The molecule has 134 valence electrons. The number of ether oxygens (including phenoxy) is 1. The van der Waals surface area contributed by atoms with Crippen molar-refractivity contribution in [2.45, 2.75) is 70.3 Å². The average molecular weight is 325 g/mol. The smallest absolute Gasteiger partial charge is 0.191 e. The summed E-state index contributed by atoms with van der Waals surface area (Å²) in [6.45, 7) is 5.60. The highest BCUT2D eigenvalue weighted by atomic mass is 16.5. The second-order valence-electron chi connectivity index (χ2n) is 7.10. The third-order valence-electron chi connectivity index (χ3n) is 5.11. The van der Waals surface area contributed by atoms with Crippen molar-refractivity contribution >= 4 is 5.96 Å². The summed E-state index contributed by atoms with van der Waals surface area (Å²) < 4.78 is 5.31. The van der Waals surface area contributed by atoms with Gasteiger partial charge in [-0.3, -0.25) is 4.99 Å². The minimum atomic E-state index is -0.691. The summed E-state index contributed by atoms with van der Waals surface area (Å²) in [6.07, 6.45) is 11.0. The molecule has 0 aromatic carbocycles. The van der Waals surface area contributed by atoms with Crippen molar-refractivity contribution in [1.29, 1.82) is 0 Å². The number of hydrogen-bond donors (Lipinski definition) is 3. The summed E-state index contributed by atoms with van der Waals surface area (Å²) in [4.78, 5) is 4.57. The molecule has 2 rings (SSSR count). The lowest BCUT2D eigenvalue weighted by Gasteiger charge is -2.30. The molecule has 1 heterocycles. The topological polar surface area (TPSA) is 65.9 Å². The van der Waals surface area contributed by atoms with Gasteiger partial charge in [-0.1, -0.05) is 38.5 Å². The van der Waals surface area contributed by atoms with Crippen molar-refractivity contribution in [3.63, 3.8) is 0 Å². The Bertz CT molecular complexity index is 348. The Kier molecular flexibility index (Phi) is 8.17. The van der Waals surface area contributed by atoms with E-state index < -0.39 is 5.60 Å². The van der Waals surface area contributed by atoms with Crippen LogP contribution in [0.15, 0.2) is 4.99 Å². The quantitative estimate of drug-likeness (QED) is 0.364. The van der Waals surface area contributed by atoms with E-state index in [0.717, 1.165) is 25.0 Å². The van der Waals surface area contributed by atoms with E-state index in [1.165, 1.54) is 44.9 Å². The van der Waals surface area contributed by atoms with Crippen LogP contribution < -0.4 is 10.6 Å². The molecule has 23 heavy (non-hydrogen) atoms. The van der Waals surface area contributed by atoms with Crippen LogP contribution in [0.4, 0.5) is 0 Å². The fourth-order valence-corrected chi connectivity index (χ4v) is 3.54. The molecule has 0 radical (unpaired) electrons. The minimum Gasteiger partial charge on any atom is -0.388 e. The van der Waals surface area contributed by atoms with Gasteiger partial charge in [0.25, 0.3) is 0 Å². The van der Waals surface area contributed by atoms with Crippen LogP contribution in [0.25, 0.3) is 0 Å². The summed E-state index contributed by atoms with van der Waals surface area (Å²) in [7, 11) is 0. The third-order valence-corrected chi connectivity index (χ3v) is 5.11. The van der Waals surface area contributed by atoms with Crippen LogP contribution in [0.2, 0.25) is 0 Å². The number of guanidine groups is 1. The molecule has 2 fully saturated rings. The molecular weight excluding hydrogens is 290 g/mol. The molecule has 0 unspecified atom stereocenters. The van der Waals surface area contributed by atoms with Crippen LogP contribution in [-0.4, -0.2) is 49.5 Å². The average Bonchev–Trinajstić information content (AvgIpc) is 3.06. The highest BCUT2D eigenvalue weighted by Gasteiger charge is 2.29. The molecule has 5 nitrogen and oxygen atoms in total. The first-order valence-corrected chi connectivity index (χ1v) is 9.54. The highest BCUT2D eigenvalue weighted by Crippen LogP contribution is 2.28. The molecule has 2 aliphatic rings. The van der Waals surface area contributed by atoms with E-state index in [9.17, 15) is 5.11 Å². The first-order chi connectivity index (χ1) is 11.2. The zero-order valence-corrected chi connectivity index (χ0v) is 14.8. The van der Waals surface area contributed by atoms with Crippen molar-refractivity contribution in [2.24, 2.45) is 10.9 Å². The molecule has 1 aliphatic carbocycles. The molecule has 0 atom stereocenters. The first kappa shape index (κ1) is 18.5. The van der Waals surface area contributed by atoms with Gasteiger partial charge in [0.05, 0.1) is 12.1 Å². The van der Waals surface area contributed by atoms with Crippen molar-refractivity contribution in [2.75, 3.05) is 32.8 Å². The number of hydrogen-bond acceptors (Lipinski definition) is 3. The molecule has 0 aromatic heterocycles. The van der Waals surface area contributed by atoms with Gasteiger partial charge in [-0.05, 0) is 19.3 Å². The summed E-state index contributed by atoms with van der Waals surface area (Å²) >= 11 is 0. The molecule has 5 heteroatoms. The van der Waals surface area contributed by atoms with Crippen LogP contribution in [0.5, 0.6) is 0 Å². The number of aliphatic imine (C=N–C) groups is 1. The summed E-state index contributed by atoms with van der Waals surface area (Å²) in [5.41, 5.74) is -0.691. The lowest BCUT2D eigenvalue weighted by molar-refractivity contribution is -0.0565. The van der Waals surface area contributed by atoms with E-state index >= 15 is 0 Å². The second kappa shape index (κ2) is 10.1. The van der Waals surface area contributed by atoms with Crippen molar-refractivity contribution in [3.8, 4) is 0 Å². The van der Waals surface area contributed by atoms with Crippen LogP contribution in [-0.2, 0) is 4.74 Å². The maximum atomic E-state index is 10.5. The van der Waals surface area contributed by atoms with Crippen LogP contribution >= 0.6 is 0 Å². The molecule has 3 N–H and O–H groups in total. The van der Waals surface area contributed by atoms with Gasteiger partial charge in [-0.2, -0.15) is 0 Å². The minimum absolute atomic E-state index is 0.452. The Morgan fingerprint density at radius 1 is 1.17 bits per heavy atom. The van der Waals surface area contributed by atoms with Crippen molar-refractivity contribution in [3.05, 3.63) is 0 Å². The number of rotatable bonds is 8. The lowest BCUT2D eigenvalue weighted by atomic mass is 9.95. The van der Waals surface area contributed by atoms with Crippen LogP contribution in [0.1, 0.15) is 64.7 Å². The number of nitrogens with zero attached hydrogens (tertiary/aromatic N) is 1. The van der Waals surface area contributed by atoms with Crippen LogP contribution in [0, 0.1) is 5.92 Å². The number of unbranched alkanes of at least 4 members (excludes halogenated alkanes) is 1. The van der Waals surface area contributed by atoms with Crippen molar-refractivity contribution in [1.82, 2.24) is 10.6 Å². The summed E-state index contributed by atoms with van der Waals surface area (Å²) in [6, 6.07) is 0. The van der Waals surface area contributed by atoms with E-state index in [1.807, 2.05) is 0 Å². The van der Waals surface area contributed by atoms with E-state index in [2.05, 4.69) is 22.5 Å². The monoisotopic (exact) mass is 325 g/mol. The fourth-order valence-electron chi connectivity index (χ4n) is 3.54. The molecule has 1 saturated heterocycles. The van der Waals surface area contributed by atoms with Gasteiger partial charge in [0.1, 0.15) is 0 Å². The second-order valence-corrected chi connectivity index (χ2v) is 7.10. The maximum absolute atomic E-state index is 10.5. The van der Waals surface area contributed by atoms with Gasteiger partial charge in [-0.25, -0.2) is 0 Å². The predicted octanol–water partition coefficient (Wildman–Crippen LogP) is 2.44. The Morgan fingerprint density at radius 2 is 1.91 bits per heavy atom. The van der Waals surface area contributed by atoms with Gasteiger partial charge in [0, 0.05) is 39.1 Å². The molecule has 0 aromatic rings. The van der Waals surface area contributed by atoms with Crippen LogP contribution in [0.3, 0.4) is 0 Å². The zero-order valence-electron chi connectivity index (χ0n) is 14.8. The van der Waals surface area contributed by atoms with Gasteiger partial charge < -0.3 is 20.5 Å². The standard InChI is InChI=1S/C18H35N3O2/c1-2-19-17(21-15-18(22)10-13-23-14-11-18)20-12-6-5-9-16-7-3-4-8-16/h16,22H,2-15H2,1H3,(H2,19,20,21). The van der Waals surface area contributed by atoms with E-state index in [1.54, 1.807) is 0 Å². The van der Waals surface area contributed by atoms with Gasteiger partial charge in [0.2, 0.25) is 0 Å². The fraction of sp³-hybridized carbons (Fsp3) is 0.944. The summed E-state index contributed by atoms with van der Waals surface area (Å²) in [5.74, 6) is 1.81. The summed E-state index contributed by atoms with van der Waals surface area (Å²) in [5, 5.41) is 17.1. The molecule has 1 aliphatic heterocycles. The number of nitrogens with one attached hydrogen (secondary N) is 2. The van der Waals surface area contributed by atoms with Gasteiger partial charge in [-0.15, -0.1) is 0 Å². The molecule has 0 spiro atoms. The lowest BCUT2D eigenvalue weighted by Crippen LogP contribution is -2.42. The zero-order chi connectivity index (χ0) is 16.4. The van der Waals surface area contributed by atoms with E-state index in [4.69, 9.17) is 4.74 Å². The maximum Gasteiger partial charge on any atom is 0.191 e. The van der Waals surface area contributed by atoms with E-state index in [0.29, 0.717) is 32.6 Å². The Balaban J connectivity index is 1.64. The molecule has 1 saturated carbocycles. The molecular formula is C18H35N3O2. The normalized spacial score (nSPS) is 22.3. The largest absolute Gasteiger partial charge is 0.388 e. The van der Waals surface area contributed by atoms with Crippen molar-refractivity contribution < 1.29 is 9.84 Å². The SMILES string of the molecule is CCNC(=NCC1(O)CCOCC1)NCCCCC1CCCC1. The molecule has 0 amide bonds. The first-order valence-electron chi connectivity index (χ1n) is 9.54. The number of aliphatic hydroxyl groups is 1. The Labute approximate surface area is 141 Å². The highest BCUT2D eigenvalue weighted by molar-refractivity contribution is 5.79. The predicted molar refractivity (Wildman–Crippen MR) is 94.8 cm³/mol. The Morgan fingerprint density at radius 3 is 2.61 bits per heavy atom. The third kappa shape index (κ3) is 7.08. The Hall–Kier alpha value is -0.810.